The Balaban J connectivity index is 1.51. The number of halogens is 2. The average molecular weight is 535 g/mol. The van der Waals surface area contributed by atoms with Gasteiger partial charge < -0.3 is 10.6 Å². The highest BCUT2D eigenvalue weighted by atomic mass is 79.9. The lowest BCUT2D eigenvalue weighted by molar-refractivity contribution is -0.124. The molecular formula is C24H20BrFN8O. The molecule has 11 heteroatoms. The number of pyridine rings is 1. The van der Waals surface area contributed by atoms with Crippen molar-refractivity contribution in [3.63, 3.8) is 0 Å². The number of nitrogens with zero attached hydrogens (tertiary/aromatic N) is 6. The molecule has 0 unspecified atom stereocenters. The van der Waals surface area contributed by atoms with Gasteiger partial charge in [0, 0.05) is 54.8 Å². The molecule has 0 aliphatic heterocycles. The van der Waals surface area contributed by atoms with Crippen LogP contribution in [0.25, 0.3) is 27.8 Å². The summed E-state index contributed by atoms with van der Waals surface area (Å²) in [7, 11) is 1.64. The van der Waals surface area contributed by atoms with Crippen LogP contribution >= 0.6 is 15.9 Å². The van der Waals surface area contributed by atoms with E-state index in [1.54, 1.807) is 37.6 Å². The zero-order valence-corrected chi connectivity index (χ0v) is 20.3. The molecule has 1 saturated carbocycles. The van der Waals surface area contributed by atoms with Gasteiger partial charge in [-0.2, -0.15) is 15.3 Å². The average Bonchev–Trinajstić information content (AvgIpc) is 3.47. The number of nitrogens with one attached hydrogen (secondary N) is 2. The number of rotatable bonds is 5. The molecule has 1 fully saturated rings. The van der Waals surface area contributed by atoms with E-state index in [0.717, 1.165) is 12.8 Å². The summed E-state index contributed by atoms with van der Waals surface area (Å²) in [6.07, 6.45) is 7.05. The van der Waals surface area contributed by atoms with Gasteiger partial charge in [-0.1, -0.05) is 6.07 Å². The fourth-order valence-corrected chi connectivity index (χ4v) is 4.90. The predicted octanol–water partition coefficient (Wildman–Crippen LogP) is 3.98. The van der Waals surface area contributed by atoms with Crippen molar-refractivity contribution in [1.82, 2.24) is 30.0 Å². The monoisotopic (exact) mass is 534 g/mol. The molecule has 0 radical (unpaired) electrons. The molecule has 2 atom stereocenters. The molecule has 1 amide bonds. The van der Waals surface area contributed by atoms with Gasteiger partial charge in [0.1, 0.15) is 10.4 Å². The minimum Gasteiger partial charge on any atom is -0.359 e. The molecule has 1 aliphatic rings. The molecule has 9 nitrogen and oxygen atoms in total. The standard InChI is InChI=1S/C24H20BrFN8O/c1-28-23(35)13-4-5-16(7-13)31-24-30-12-18-21(25)33-34(22(18)32-24)17-8-15(10-27)20(19(26)9-17)14-3-2-6-29-11-14/h2-3,6,8-9,11-13,16H,4-5,7H2,1H3,(H,28,35)(H,30,31,32)/t13-,16-/m1/s1. The fourth-order valence-electron chi connectivity index (χ4n) is 4.46. The van der Waals surface area contributed by atoms with Crippen LogP contribution in [-0.4, -0.2) is 43.7 Å². The van der Waals surface area contributed by atoms with E-state index < -0.39 is 5.82 Å². The van der Waals surface area contributed by atoms with Crippen LogP contribution in [0, 0.1) is 23.1 Å². The van der Waals surface area contributed by atoms with Crippen molar-refractivity contribution in [2.24, 2.45) is 5.92 Å². The largest absolute Gasteiger partial charge is 0.359 e. The van der Waals surface area contributed by atoms with Gasteiger partial charge in [-0.05, 0) is 47.3 Å². The number of aromatic nitrogens is 5. The normalized spacial score (nSPS) is 17.3. The van der Waals surface area contributed by atoms with Gasteiger partial charge in [-0.25, -0.2) is 14.1 Å². The third kappa shape index (κ3) is 4.33. The highest BCUT2D eigenvalue weighted by molar-refractivity contribution is 9.10. The molecule has 0 saturated heterocycles. The Morgan fingerprint density at radius 3 is 2.91 bits per heavy atom. The molecule has 0 bridgehead atoms. The number of carbonyl (C=O) groups excluding carboxylic acids is 1. The van der Waals surface area contributed by atoms with Gasteiger partial charge in [0.15, 0.2) is 5.65 Å². The van der Waals surface area contributed by atoms with E-state index in [-0.39, 0.29) is 29.0 Å². The quantitative estimate of drug-likeness (QED) is 0.397. The van der Waals surface area contributed by atoms with Crippen LogP contribution in [0.4, 0.5) is 10.3 Å². The molecule has 2 N–H and O–H groups in total. The summed E-state index contributed by atoms with van der Waals surface area (Å²) in [5.41, 5.74) is 1.66. The SMILES string of the molecule is CNC(=O)[C@@H]1CC[C@@H](Nc2ncc3c(Br)nn(-c4cc(F)c(-c5cccnc5)c(C#N)c4)c3n2)C1. The van der Waals surface area contributed by atoms with Crippen LogP contribution in [0.3, 0.4) is 0 Å². The summed E-state index contributed by atoms with van der Waals surface area (Å²) in [5, 5.41) is 20.8. The van der Waals surface area contributed by atoms with Crippen molar-refractivity contribution >= 4 is 38.8 Å². The Morgan fingerprint density at radius 2 is 2.17 bits per heavy atom. The number of carbonyl (C=O) groups is 1. The van der Waals surface area contributed by atoms with E-state index in [9.17, 15) is 10.1 Å². The highest BCUT2D eigenvalue weighted by Gasteiger charge is 2.30. The maximum Gasteiger partial charge on any atom is 0.224 e. The lowest BCUT2D eigenvalue weighted by Crippen LogP contribution is -2.27. The number of fused-ring (bicyclic) bond motifs is 1. The van der Waals surface area contributed by atoms with Crippen LogP contribution < -0.4 is 10.6 Å². The van der Waals surface area contributed by atoms with Gasteiger partial charge in [-0.15, -0.1) is 0 Å². The van der Waals surface area contributed by atoms with Gasteiger partial charge in [0.2, 0.25) is 11.9 Å². The zero-order chi connectivity index (χ0) is 24.5. The van der Waals surface area contributed by atoms with Gasteiger partial charge in [0.05, 0.1) is 22.7 Å². The number of hydrogen-bond donors (Lipinski definition) is 2. The molecule has 5 rings (SSSR count). The van der Waals surface area contributed by atoms with Crippen molar-refractivity contribution < 1.29 is 9.18 Å². The van der Waals surface area contributed by atoms with Crippen molar-refractivity contribution in [2.75, 3.05) is 12.4 Å². The minimum absolute atomic E-state index is 0.0355. The maximum atomic E-state index is 15.2. The molecular weight excluding hydrogens is 515 g/mol. The zero-order valence-electron chi connectivity index (χ0n) is 18.7. The summed E-state index contributed by atoms with van der Waals surface area (Å²) in [4.78, 5) is 25.0. The van der Waals surface area contributed by atoms with Gasteiger partial charge >= 0.3 is 0 Å². The summed E-state index contributed by atoms with van der Waals surface area (Å²) in [6, 6.07) is 8.43. The van der Waals surface area contributed by atoms with E-state index in [4.69, 9.17) is 0 Å². The van der Waals surface area contributed by atoms with Crippen LogP contribution in [-0.2, 0) is 4.79 Å². The molecule has 3 heterocycles. The summed E-state index contributed by atoms with van der Waals surface area (Å²) in [5.74, 6) is -0.170. The Hall–Kier alpha value is -3.91. The number of amides is 1. The van der Waals surface area contributed by atoms with E-state index in [1.807, 2.05) is 0 Å². The molecule has 1 aliphatic carbocycles. The first-order chi connectivity index (χ1) is 17.0. The van der Waals surface area contributed by atoms with Gasteiger partial charge in [-0.3, -0.25) is 9.78 Å². The number of anilines is 1. The Bertz CT molecular complexity index is 1470. The molecule has 0 spiro atoms. The van der Waals surface area contributed by atoms with Crippen LogP contribution in [0.1, 0.15) is 24.8 Å². The van der Waals surface area contributed by atoms with Crippen LogP contribution in [0.15, 0.2) is 47.5 Å². The molecule has 176 valence electrons. The Morgan fingerprint density at radius 1 is 1.31 bits per heavy atom. The molecule has 3 aromatic heterocycles. The summed E-state index contributed by atoms with van der Waals surface area (Å²) < 4.78 is 17.2. The summed E-state index contributed by atoms with van der Waals surface area (Å²) in [6.45, 7) is 0. The first kappa shape index (κ1) is 22.9. The lowest BCUT2D eigenvalue weighted by Gasteiger charge is -2.13. The first-order valence-electron chi connectivity index (χ1n) is 11.0. The predicted molar refractivity (Wildman–Crippen MR) is 131 cm³/mol. The van der Waals surface area contributed by atoms with Crippen LogP contribution in [0.2, 0.25) is 0 Å². The highest BCUT2D eigenvalue weighted by Crippen LogP contribution is 2.32. The van der Waals surface area contributed by atoms with Gasteiger partial charge in [0.25, 0.3) is 0 Å². The first-order valence-corrected chi connectivity index (χ1v) is 11.8. The molecule has 1 aromatic carbocycles. The fraction of sp³-hybridized carbons (Fsp3) is 0.250. The second-order valence-electron chi connectivity index (χ2n) is 8.30. The second-order valence-corrected chi connectivity index (χ2v) is 9.05. The summed E-state index contributed by atoms with van der Waals surface area (Å²) >= 11 is 3.42. The van der Waals surface area contributed by atoms with Crippen molar-refractivity contribution in [1.29, 1.82) is 5.26 Å². The number of nitriles is 1. The van der Waals surface area contributed by atoms with Crippen molar-refractivity contribution in [3.8, 4) is 22.9 Å². The van der Waals surface area contributed by atoms with E-state index >= 15 is 4.39 Å². The molecule has 4 aromatic rings. The van der Waals surface area contributed by atoms with Crippen molar-refractivity contribution in [2.45, 2.75) is 25.3 Å². The van der Waals surface area contributed by atoms with Crippen molar-refractivity contribution in [3.05, 3.63) is 58.8 Å². The van der Waals surface area contributed by atoms with E-state index in [0.29, 0.717) is 39.3 Å². The Labute approximate surface area is 208 Å². The second kappa shape index (κ2) is 9.38. The van der Waals surface area contributed by atoms with E-state index in [2.05, 4.69) is 52.7 Å². The smallest absolute Gasteiger partial charge is 0.224 e. The Kier molecular flexibility index (Phi) is 6.13. The number of hydrogen-bond acceptors (Lipinski definition) is 7. The molecule has 35 heavy (non-hydrogen) atoms. The van der Waals surface area contributed by atoms with Crippen LogP contribution in [0.5, 0.6) is 0 Å². The van der Waals surface area contributed by atoms with E-state index in [1.165, 1.54) is 16.9 Å². The number of benzene rings is 1. The minimum atomic E-state index is -0.564. The third-order valence-electron chi connectivity index (χ3n) is 6.15. The third-order valence-corrected chi connectivity index (χ3v) is 6.74. The maximum absolute atomic E-state index is 15.2. The lowest BCUT2D eigenvalue weighted by atomic mass is 10.0. The topological polar surface area (TPSA) is 121 Å².